The molecule has 3 heteroatoms. The second-order valence-corrected chi connectivity index (χ2v) is 8.88. The molecule has 6 rings (SSSR count). The highest BCUT2D eigenvalue weighted by Crippen LogP contribution is 2.47. The fourth-order valence-electron chi connectivity index (χ4n) is 5.91. The zero-order chi connectivity index (χ0) is 19.8. The molecule has 0 aliphatic carbocycles. The van der Waals surface area contributed by atoms with Crippen LogP contribution in [0.25, 0.3) is 10.9 Å². The second-order valence-electron chi connectivity index (χ2n) is 8.88. The summed E-state index contributed by atoms with van der Waals surface area (Å²) in [4.78, 5) is 4.50. The number of aromatic nitrogens is 1. The minimum Gasteiger partial charge on any atom is -0.382 e. The second kappa shape index (κ2) is 7.40. The molecule has 148 valence electrons. The Bertz CT molecular complexity index is 1010. The van der Waals surface area contributed by atoms with Crippen LogP contribution >= 0.6 is 0 Å². The Labute approximate surface area is 172 Å². The molecule has 3 aromatic rings. The molecule has 5 atom stereocenters. The van der Waals surface area contributed by atoms with E-state index in [1.807, 2.05) is 30.5 Å². The number of pyridine rings is 1. The number of piperidine rings is 3. The van der Waals surface area contributed by atoms with Crippen LogP contribution in [-0.4, -0.2) is 33.7 Å². The fraction of sp³-hybridized carbons (Fsp3) is 0.346. The summed E-state index contributed by atoms with van der Waals surface area (Å²) >= 11 is 0. The van der Waals surface area contributed by atoms with E-state index in [-0.39, 0.29) is 6.04 Å². The van der Waals surface area contributed by atoms with Crippen LogP contribution in [0.1, 0.15) is 30.1 Å². The van der Waals surface area contributed by atoms with Crippen molar-refractivity contribution >= 4 is 10.9 Å². The van der Waals surface area contributed by atoms with E-state index in [0.29, 0.717) is 11.8 Å². The van der Waals surface area contributed by atoms with E-state index in [9.17, 15) is 5.11 Å². The Balaban J connectivity index is 1.56. The highest BCUT2D eigenvalue weighted by molar-refractivity contribution is 5.82. The van der Waals surface area contributed by atoms with E-state index in [2.05, 4.69) is 54.0 Å². The van der Waals surface area contributed by atoms with Crippen LogP contribution in [0.2, 0.25) is 0 Å². The summed E-state index contributed by atoms with van der Waals surface area (Å²) in [5.41, 5.74) is 3.33. The van der Waals surface area contributed by atoms with Gasteiger partial charge >= 0.3 is 0 Å². The molecule has 2 aromatic carbocycles. The zero-order valence-corrected chi connectivity index (χ0v) is 16.8. The molecule has 2 bridgehead atoms. The van der Waals surface area contributed by atoms with Gasteiger partial charge in [0.05, 0.1) is 18.6 Å². The van der Waals surface area contributed by atoms with Gasteiger partial charge in [-0.25, -0.2) is 0 Å². The Kier molecular flexibility index (Phi) is 4.73. The van der Waals surface area contributed by atoms with E-state index < -0.39 is 6.10 Å². The minimum atomic E-state index is -0.486. The molecule has 3 nitrogen and oxygen atoms in total. The maximum atomic E-state index is 11.7. The summed E-state index contributed by atoms with van der Waals surface area (Å²) in [5.74, 6) is 1.18. The standard InChI is InChI=1S/C26H29N2O/c1-2-20-18-28(17-19-8-4-3-5-9-19)15-13-21(20)16-25(28)26(29)23-12-14-27-24-11-7-6-10-22(23)24/h2-12,14,20-21,25-26,29H,1,13,15-18H2/q+1/t20-,21+,25+,26+,28?/m0/s1. The van der Waals surface area contributed by atoms with Crippen molar-refractivity contribution in [3.05, 3.63) is 90.6 Å². The van der Waals surface area contributed by atoms with Gasteiger partial charge in [0.25, 0.3) is 0 Å². The number of hydrogen-bond acceptors (Lipinski definition) is 2. The summed E-state index contributed by atoms with van der Waals surface area (Å²) in [6, 6.07) is 21.2. The molecule has 3 aliphatic heterocycles. The van der Waals surface area contributed by atoms with Crippen molar-refractivity contribution in [1.82, 2.24) is 4.98 Å². The molecule has 1 aromatic heterocycles. The van der Waals surface area contributed by atoms with Gasteiger partial charge in [-0.05, 0) is 23.6 Å². The van der Waals surface area contributed by atoms with E-state index >= 15 is 0 Å². The molecule has 0 amide bonds. The predicted molar refractivity (Wildman–Crippen MR) is 117 cm³/mol. The lowest BCUT2D eigenvalue weighted by Gasteiger charge is -2.58. The molecule has 29 heavy (non-hydrogen) atoms. The Morgan fingerprint density at radius 3 is 2.72 bits per heavy atom. The molecule has 3 saturated heterocycles. The van der Waals surface area contributed by atoms with Gasteiger partial charge in [0.15, 0.2) is 0 Å². The molecule has 4 heterocycles. The molecule has 0 radical (unpaired) electrons. The van der Waals surface area contributed by atoms with Crippen LogP contribution in [-0.2, 0) is 6.54 Å². The number of aliphatic hydroxyl groups excluding tert-OH is 1. The largest absolute Gasteiger partial charge is 0.382 e. The number of rotatable bonds is 5. The lowest BCUT2D eigenvalue weighted by molar-refractivity contribution is -0.984. The van der Waals surface area contributed by atoms with E-state index in [1.165, 1.54) is 12.0 Å². The number of fused-ring (bicyclic) bond motifs is 4. The van der Waals surface area contributed by atoms with Crippen molar-refractivity contribution < 1.29 is 9.59 Å². The van der Waals surface area contributed by atoms with Crippen molar-refractivity contribution in [2.24, 2.45) is 11.8 Å². The lowest BCUT2D eigenvalue weighted by atomic mass is 9.71. The lowest BCUT2D eigenvalue weighted by Crippen LogP contribution is -2.67. The average molecular weight is 386 g/mol. The fourth-order valence-corrected chi connectivity index (χ4v) is 5.91. The van der Waals surface area contributed by atoms with Crippen LogP contribution in [0.3, 0.4) is 0 Å². The van der Waals surface area contributed by atoms with Crippen molar-refractivity contribution in [2.75, 3.05) is 13.1 Å². The maximum Gasteiger partial charge on any atom is 0.131 e. The number of aliphatic hydroxyl groups is 1. The molecule has 3 fully saturated rings. The third-order valence-corrected chi connectivity index (χ3v) is 7.38. The number of para-hydroxylation sites is 1. The van der Waals surface area contributed by atoms with Gasteiger partial charge in [-0.2, -0.15) is 0 Å². The normalized spacial score (nSPS) is 29.6. The molecular weight excluding hydrogens is 356 g/mol. The summed E-state index contributed by atoms with van der Waals surface area (Å²) in [7, 11) is 0. The van der Waals surface area contributed by atoms with Crippen LogP contribution in [0.5, 0.6) is 0 Å². The Morgan fingerprint density at radius 1 is 1.10 bits per heavy atom. The number of hydrogen-bond donors (Lipinski definition) is 1. The first-order valence-electron chi connectivity index (χ1n) is 10.7. The average Bonchev–Trinajstić information content (AvgIpc) is 2.78. The summed E-state index contributed by atoms with van der Waals surface area (Å²) in [5, 5.41) is 12.8. The number of nitrogens with zero attached hydrogens (tertiary/aromatic N) is 2. The smallest absolute Gasteiger partial charge is 0.131 e. The molecule has 0 saturated carbocycles. The van der Waals surface area contributed by atoms with E-state index in [0.717, 1.165) is 47.0 Å². The van der Waals surface area contributed by atoms with Crippen LogP contribution in [0.15, 0.2) is 79.5 Å². The molecule has 1 N–H and O–H groups in total. The van der Waals surface area contributed by atoms with Crippen molar-refractivity contribution in [3.63, 3.8) is 0 Å². The highest BCUT2D eigenvalue weighted by Gasteiger charge is 2.53. The first-order chi connectivity index (χ1) is 14.2. The van der Waals surface area contributed by atoms with Gasteiger partial charge < -0.3 is 9.59 Å². The van der Waals surface area contributed by atoms with Crippen molar-refractivity contribution in [2.45, 2.75) is 31.5 Å². The summed E-state index contributed by atoms with van der Waals surface area (Å²) in [6.45, 7) is 7.32. The predicted octanol–water partition coefficient (Wildman–Crippen LogP) is 4.88. The Morgan fingerprint density at radius 2 is 1.90 bits per heavy atom. The summed E-state index contributed by atoms with van der Waals surface area (Å²) < 4.78 is 0.953. The van der Waals surface area contributed by atoms with Gasteiger partial charge in [-0.15, -0.1) is 6.58 Å². The zero-order valence-electron chi connectivity index (χ0n) is 16.8. The molecular formula is C26H29N2O+. The van der Waals surface area contributed by atoms with Crippen molar-refractivity contribution in [3.8, 4) is 0 Å². The van der Waals surface area contributed by atoms with Gasteiger partial charge in [-0.3, -0.25) is 4.98 Å². The summed E-state index contributed by atoms with van der Waals surface area (Å²) in [6.07, 6.45) is 5.79. The van der Waals surface area contributed by atoms with Gasteiger partial charge in [0.2, 0.25) is 0 Å². The molecule has 1 unspecified atom stereocenters. The molecule has 0 spiro atoms. The quantitative estimate of drug-likeness (QED) is 0.502. The van der Waals surface area contributed by atoms with Crippen LogP contribution in [0, 0.1) is 11.8 Å². The van der Waals surface area contributed by atoms with Crippen LogP contribution < -0.4 is 0 Å². The first-order valence-corrected chi connectivity index (χ1v) is 10.7. The number of benzene rings is 2. The molecule has 3 aliphatic rings. The Hall–Kier alpha value is -2.49. The van der Waals surface area contributed by atoms with Gasteiger partial charge in [0, 0.05) is 35.9 Å². The van der Waals surface area contributed by atoms with Gasteiger partial charge in [-0.1, -0.05) is 54.6 Å². The highest BCUT2D eigenvalue weighted by atomic mass is 16.3. The monoisotopic (exact) mass is 385 g/mol. The topological polar surface area (TPSA) is 33.1 Å². The van der Waals surface area contributed by atoms with Crippen LogP contribution in [0.4, 0.5) is 0 Å². The SMILES string of the molecule is C=C[C@H]1C[N+]2(Cc3ccccc3)CC[C@@H]1C[C@@H]2[C@H](O)c1ccnc2ccccc12. The first kappa shape index (κ1) is 18.5. The van der Waals surface area contributed by atoms with Crippen molar-refractivity contribution in [1.29, 1.82) is 0 Å². The minimum absolute atomic E-state index is 0.205. The van der Waals surface area contributed by atoms with E-state index in [4.69, 9.17) is 0 Å². The maximum absolute atomic E-state index is 11.7. The third-order valence-electron chi connectivity index (χ3n) is 7.38. The van der Waals surface area contributed by atoms with E-state index in [1.54, 1.807) is 0 Å². The van der Waals surface area contributed by atoms with Gasteiger partial charge in [0.1, 0.15) is 18.7 Å². The number of quaternary nitrogens is 1. The third kappa shape index (κ3) is 3.19.